The molecule has 4 rings (SSSR count). The van der Waals surface area contributed by atoms with Gasteiger partial charge < -0.3 is 14.0 Å². The first kappa shape index (κ1) is 32.2. The van der Waals surface area contributed by atoms with Crippen molar-refractivity contribution < 1.29 is 18.2 Å². The minimum Gasteiger partial charge on any atom is -0.493 e. The Kier molecular flexibility index (Phi) is 11.6. The van der Waals surface area contributed by atoms with Gasteiger partial charge in [0.05, 0.1) is 32.2 Å². The summed E-state index contributed by atoms with van der Waals surface area (Å²) in [5.74, 6) is 1.37. The third-order valence-corrected chi connectivity index (χ3v) is 10.5. The highest BCUT2D eigenvalue weighted by molar-refractivity contribution is 9.09. The molecule has 0 saturated carbocycles. The summed E-state index contributed by atoms with van der Waals surface area (Å²) in [5.41, 5.74) is 5.97. The van der Waals surface area contributed by atoms with E-state index in [1.807, 2.05) is 36.4 Å². The molecular weight excluding hydrogens is 608 g/mol. The van der Waals surface area contributed by atoms with Crippen LogP contribution in [0.1, 0.15) is 42.0 Å². The zero-order chi connectivity index (χ0) is 30.1. The number of nitrogens with zero attached hydrogens (tertiary/aromatic N) is 2. The van der Waals surface area contributed by atoms with Crippen molar-refractivity contribution in [3.8, 4) is 11.5 Å². The van der Waals surface area contributed by atoms with Crippen LogP contribution < -0.4 is 9.47 Å². The molecule has 2 atom stereocenters. The van der Waals surface area contributed by atoms with Gasteiger partial charge in [-0.2, -0.15) is 0 Å². The number of benzene rings is 4. The zero-order valence-corrected chi connectivity index (χ0v) is 28.0. The van der Waals surface area contributed by atoms with Gasteiger partial charge in [-0.05, 0) is 90.1 Å². The van der Waals surface area contributed by atoms with Crippen molar-refractivity contribution in [3.05, 3.63) is 101 Å². The number of hydrogen-bond acceptors (Lipinski definition) is 3. The largest absolute Gasteiger partial charge is 0.493 e. The van der Waals surface area contributed by atoms with Gasteiger partial charge in [0.1, 0.15) is 23.0 Å². The van der Waals surface area contributed by atoms with Crippen molar-refractivity contribution in [1.82, 2.24) is 4.31 Å². The third kappa shape index (κ3) is 8.22. The topological polar surface area (TPSA) is 38.8 Å². The van der Waals surface area contributed by atoms with Crippen LogP contribution in [0.5, 0.6) is 11.5 Å². The Labute approximate surface area is 262 Å². The highest BCUT2D eigenvalue weighted by Gasteiger charge is 2.25. The summed E-state index contributed by atoms with van der Waals surface area (Å²) in [6, 6.07) is 27.1. The second-order valence-electron chi connectivity index (χ2n) is 11.2. The lowest BCUT2D eigenvalue weighted by Gasteiger charge is -2.36. The highest BCUT2D eigenvalue weighted by Crippen LogP contribution is 2.29. The number of unbranched alkanes of at least 4 members (excludes halogenated alkanes) is 1. The van der Waals surface area contributed by atoms with E-state index in [-0.39, 0.29) is 0 Å². The molecule has 0 aliphatic heterocycles. The molecule has 0 N–H and O–H groups in total. The quantitative estimate of drug-likeness (QED) is 0.0563. The standard InChI is InChI=1S/C35H44BrN2O3S/c1-6-38(26-36,25-30-20-27(2)19-28(3)21-30)18-10-9-17-37(24-29-13-16-34(40-4)35(22-29)41-5)42(39)33-15-14-31-11-7-8-12-32(31)23-33/h7-8,11-16,19-23H,6,9-10,17-18,24-26H2,1-5H3/q+1. The van der Waals surface area contributed by atoms with Gasteiger partial charge in [-0.3, -0.25) is 0 Å². The van der Waals surface area contributed by atoms with E-state index in [1.165, 1.54) is 16.7 Å². The maximum atomic E-state index is 14.0. The molecule has 7 heteroatoms. The van der Waals surface area contributed by atoms with Gasteiger partial charge in [-0.1, -0.05) is 65.7 Å². The molecule has 0 fully saturated rings. The monoisotopic (exact) mass is 651 g/mol. The lowest BCUT2D eigenvalue weighted by molar-refractivity contribution is -0.926. The molecule has 224 valence electrons. The Morgan fingerprint density at radius 1 is 0.810 bits per heavy atom. The molecule has 0 aliphatic rings. The maximum Gasteiger partial charge on any atom is 0.161 e. The summed E-state index contributed by atoms with van der Waals surface area (Å²) in [7, 11) is 1.97. The Balaban J connectivity index is 1.51. The molecule has 0 radical (unpaired) electrons. The minimum absolute atomic E-state index is 0.550. The molecule has 0 amide bonds. The van der Waals surface area contributed by atoms with Crippen LogP contribution in [0, 0.1) is 13.8 Å². The van der Waals surface area contributed by atoms with Crippen LogP contribution in [0.3, 0.4) is 0 Å². The van der Waals surface area contributed by atoms with E-state index in [4.69, 9.17) is 9.47 Å². The van der Waals surface area contributed by atoms with E-state index in [0.29, 0.717) is 18.0 Å². The molecule has 0 bridgehead atoms. The zero-order valence-electron chi connectivity index (χ0n) is 25.6. The fourth-order valence-corrected chi connectivity index (χ4v) is 7.70. The van der Waals surface area contributed by atoms with Crippen LogP contribution in [0.2, 0.25) is 0 Å². The van der Waals surface area contributed by atoms with Gasteiger partial charge in [-0.15, -0.1) is 0 Å². The van der Waals surface area contributed by atoms with Gasteiger partial charge in [0.2, 0.25) is 0 Å². The molecule has 0 spiro atoms. The first-order valence-electron chi connectivity index (χ1n) is 14.6. The molecule has 2 unspecified atom stereocenters. The van der Waals surface area contributed by atoms with E-state index in [1.54, 1.807) is 14.2 Å². The van der Waals surface area contributed by atoms with Crippen LogP contribution in [-0.2, 0) is 24.1 Å². The SMILES string of the molecule is CC[N+](CBr)(CCCCN(Cc1ccc(OC)c(OC)c1)S(=O)c1ccc2ccccc2c1)Cc1cc(C)cc(C)c1. The molecule has 0 heterocycles. The van der Waals surface area contributed by atoms with Crippen molar-refractivity contribution in [1.29, 1.82) is 0 Å². The molecule has 0 aromatic heterocycles. The average Bonchev–Trinajstić information content (AvgIpc) is 3.00. The molecular formula is C35H44BrN2O3S+. The number of hydrogen-bond donors (Lipinski definition) is 0. The van der Waals surface area contributed by atoms with Crippen LogP contribution in [0.15, 0.2) is 83.8 Å². The summed E-state index contributed by atoms with van der Waals surface area (Å²) >= 11 is 3.84. The number of ether oxygens (including phenoxy) is 2. The number of aryl methyl sites for hydroxylation is 2. The Bertz CT molecular complexity index is 1480. The van der Waals surface area contributed by atoms with Gasteiger partial charge in [0.15, 0.2) is 11.5 Å². The summed E-state index contributed by atoms with van der Waals surface area (Å²) in [6.45, 7) is 11.0. The summed E-state index contributed by atoms with van der Waals surface area (Å²) < 4.78 is 28.1. The van der Waals surface area contributed by atoms with Crippen molar-refractivity contribution in [3.63, 3.8) is 0 Å². The van der Waals surface area contributed by atoms with Crippen molar-refractivity contribution in [2.75, 3.05) is 39.3 Å². The Morgan fingerprint density at radius 2 is 1.52 bits per heavy atom. The summed E-state index contributed by atoms with van der Waals surface area (Å²) in [4.78, 5) is 0.822. The van der Waals surface area contributed by atoms with E-state index < -0.39 is 11.0 Å². The molecule has 0 aliphatic carbocycles. The van der Waals surface area contributed by atoms with E-state index in [2.05, 4.69) is 83.5 Å². The van der Waals surface area contributed by atoms with Gasteiger partial charge in [0, 0.05) is 18.7 Å². The van der Waals surface area contributed by atoms with Crippen LogP contribution in [0.25, 0.3) is 10.8 Å². The Morgan fingerprint density at radius 3 is 2.19 bits per heavy atom. The predicted molar refractivity (Wildman–Crippen MR) is 179 cm³/mol. The van der Waals surface area contributed by atoms with Gasteiger partial charge in [0.25, 0.3) is 0 Å². The van der Waals surface area contributed by atoms with Crippen LogP contribution >= 0.6 is 15.9 Å². The summed E-state index contributed by atoms with van der Waals surface area (Å²) in [6.07, 6.45) is 1.99. The predicted octanol–water partition coefficient (Wildman–Crippen LogP) is 8.17. The number of quaternary nitrogens is 1. The molecule has 0 saturated heterocycles. The van der Waals surface area contributed by atoms with E-state index >= 15 is 0 Å². The first-order chi connectivity index (χ1) is 20.3. The molecule has 42 heavy (non-hydrogen) atoms. The third-order valence-electron chi connectivity index (χ3n) is 7.98. The van der Waals surface area contributed by atoms with Crippen molar-refractivity contribution in [2.24, 2.45) is 0 Å². The van der Waals surface area contributed by atoms with Crippen molar-refractivity contribution in [2.45, 2.75) is 51.6 Å². The molecule has 4 aromatic rings. The lowest BCUT2D eigenvalue weighted by atomic mass is 10.1. The first-order valence-corrected chi connectivity index (χ1v) is 16.9. The second kappa shape index (κ2) is 15.1. The fourth-order valence-electron chi connectivity index (χ4n) is 5.65. The molecule has 5 nitrogen and oxygen atoms in total. The van der Waals surface area contributed by atoms with Crippen LogP contribution in [0.4, 0.5) is 0 Å². The number of fused-ring (bicyclic) bond motifs is 1. The second-order valence-corrected chi connectivity index (χ2v) is 13.2. The summed E-state index contributed by atoms with van der Waals surface area (Å²) in [5, 5.41) is 2.25. The number of rotatable bonds is 15. The lowest BCUT2D eigenvalue weighted by Crippen LogP contribution is -2.46. The van der Waals surface area contributed by atoms with Gasteiger partial charge in [-0.25, -0.2) is 8.51 Å². The van der Waals surface area contributed by atoms with E-state index in [9.17, 15) is 4.21 Å². The Hall–Kier alpha value is -2.71. The maximum absolute atomic E-state index is 14.0. The average molecular weight is 653 g/mol. The number of methoxy groups -OCH3 is 2. The molecule has 4 aromatic carbocycles. The minimum atomic E-state index is -1.31. The van der Waals surface area contributed by atoms with Crippen LogP contribution in [-0.4, -0.2) is 52.3 Å². The normalized spacial score (nSPS) is 13.7. The fraction of sp³-hybridized carbons (Fsp3) is 0.371. The van der Waals surface area contributed by atoms with Gasteiger partial charge >= 0.3 is 0 Å². The van der Waals surface area contributed by atoms with Crippen molar-refractivity contribution >= 4 is 37.7 Å². The highest BCUT2D eigenvalue weighted by atomic mass is 79.9. The number of alkyl halides is 1. The number of halogens is 1. The smallest absolute Gasteiger partial charge is 0.161 e. The van der Waals surface area contributed by atoms with E-state index in [0.717, 1.165) is 70.2 Å².